The number of rotatable bonds is 2. The van der Waals surface area contributed by atoms with Crippen LogP contribution in [0, 0.1) is 0 Å². The second-order valence-electron chi connectivity index (χ2n) is 4.98. The Labute approximate surface area is 97.0 Å². The van der Waals surface area contributed by atoms with Crippen LogP contribution in [0.1, 0.15) is 39.0 Å². The molecule has 4 nitrogen and oxygen atoms in total. The highest BCUT2D eigenvalue weighted by molar-refractivity contribution is 5.82. The van der Waals surface area contributed by atoms with Gasteiger partial charge < -0.3 is 15.3 Å². The number of hydrogen-bond acceptors (Lipinski definition) is 3. The van der Waals surface area contributed by atoms with Gasteiger partial charge in [-0.1, -0.05) is 6.42 Å². The minimum atomic E-state index is -0.407. The Bertz CT molecular complexity index is 249. The van der Waals surface area contributed by atoms with Crippen molar-refractivity contribution in [3.63, 3.8) is 0 Å². The van der Waals surface area contributed by atoms with E-state index in [1.807, 2.05) is 4.90 Å². The highest BCUT2D eigenvalue weighted by Crippen LogP contribution is 2.22. The molecule has 16 heavy (non-hydrogen) atoms. The van der Waals surface area contributed by atoms with E-state index in [0.717, 1.165) is 38.8 Å². The summed E-state index contributed by atoms with van der Waals surface area (Å²) in [6, 6.07) is 0.0318. The van der Waals surface area contributed by atoms with Crippen molar-refractivity contribution < 1.29 is 9.90 Å². The van der Waals surface area contributed by atoms with Gasteiger partial charge in [-0.3, -0.25) is 4.79 Å². The molecule has 0 aromatic heterocycles. The molecule has 2 saturated heterocycles. The first-order valence-electron chi connectivity index (χ1n) is 6.42. The maximum atomic E-state index is 12.3. The normalized spacial score (nSPS) is 32.8. The minimum Gasteiger partial charge on any atom is -0.391 e. The van der Waals surface area contributed by atoms with Crippen LogP contribution in [0.15, 0.2) is 0 Å². The molecule has 0 radical (unpaired) electrons. The number of aliphatic hydroxyl groups excluding tert-OH is 1. The van der Waals surface area contributed by atoms with Crippen LogP contribution in [0.5, 0.6) is 0 Å². The molecule has 2 heterocycles. The van der Waals surface area contributed by atoms with Gasteiger partial charge >= 0.3 is 0 Å². The van der Waals surface area contributed by atoms with Crippen molar-refractivity contribution in [3.8, 4) is 0 Å². The van der Waals surface area contributed by atoms with Crippen molar-refractivity contribution in [1.82, 2.24) is 10.2 Å². The number of piperidine rings is 1. The number of likely N-dealkylation sites (tertiary alicyclic amines) is 1. The van der Waals surface area contributed by atoms with Gasteiger partial charge in [-0.15, -0.1) is 0 Å². The zero-order valence-corrected chi connectivity index (χ0v) is 9.98. The quantitative estimate of drug-likeness (QED) is 0.721. The Balaban J connectivity index is 1.97. The van der Waals surface area contributed by atoms with Gasteiger partial charge in [0.15, 0.2) is 0 Å². The SMILES string of the molecule is C[C@H](O)[C@H]1CCCN1C(=O)[C@@H]1CCCCN1. The molecule has 0 aromatic carbocycles. The van der Waals surface area contributed by atoms with E-state index in [-0.39, 0.29) is 18.0 Å². The molecule has 1 amide bonds. The molecule has 92 valence electrons. The average molecular weight is 226 g/mol. The topological polar surface area (TPSA) is 52.6 Å². The fraction of sp³-hybridized carbons (Fsp3) is 0.917. The van der Waals surface area contributed by atoms with Crippen LogP contribution in [0.3, 0.4) is 0 Å². The Morgan fingerprint density at radius 1 is 1.38 bits per heavy atom. The molecule has 0 aromatic rings. The fourth-order valence-electron chi connectivity index (χ4n) is 2.83. The molecule has 0 spiro atoms. The van der Waals surface area contributed by atoms with Gasteiger partial charge in [0.05, 0.1) is 18.2 Å². The maximum Gasteiger partial charge on any atom is 0.240 e. The van der Waals surface area contributed by atoms with Crippen LogP contribution in [-0.4, -0.2) is 47.2 Å². The van der Waals surface area contributed by atoms with E-state index < -0.39 is 6.10 Å². The van der Waals surface area contributed by atoms with Gasteiger partial charge in [0, 0.05) is 6.54 Å². The highest BCUT2D eigenvalue weighted by Gasteiger charge is 2.35. The fourth-order valence-corrected chi connectivity index (χ4v) is 2.83. The van der Waals surface area contributed by atoms with Crippen molar-refractivity contribution >= 4 is 5.91 Å². The smallest absolute Gasteiger partial charge is 0.240 e. The van der Waals surface area contributed by atoms with Crippen molar-refractivity contribution in [2.75, 3.05) is 13.1 Å². The van der Waals surface area contributed by atoms with Crippen molar-refractivity contribution in [2.24, 2.45) is 0 Å². The molecule has 2 fully saturated rings. The van der Waals surface area contributed by atoms with Crippen LogP contribution in [-0.2, 0) is 4.79 Å². The summed E-state index contributed by atoms with van der Waals surface area (Å²) >= 11 is 0. The summed E-state index contributed by atoms with van der Waals surface area (Å²) in [5, 5.41) is 12.9. The third-order valence-corrected chi connectivity index (χ3v) is 3.75. The summed E-state index contributed by atoms with van der Waals surface area (Å²) in [6.07, 6.45) is 4.81. The van der Waals surface area contributed by atoms with Gasteiger partial charge in [0.25, 0.3) is 0 Å². The summed E-state index contributed by atoms with van der Waals surface area (Å²) in [4.78, 5) is 14.2. The molecular formula is C12H22N2O2. The largest absolute Gasteiger partial charge is 0.391 e. The molecule has 2 aliphatic rings. The van der Waals surface area contributed by atoms with Crippen LogP contribution in [0.4, 0.5) is 0 Å². The number of aliphatic hydroxyl groups is 1. The molecular weight excluding hydrogens is 204 g/mol. The molecule has 2 N–H and O–H groups in total. The Morgan fingerprint density at radius 2 is 2.19 bits per heavy atom. The Morgan fingerprint density at radius 3 is 2.81 bits per heavy atom. The molecule has 0 aliphatic carbocycles. The number of carbonyl (C=O) groups is 1. The summed E-state index contributed by atoms with van der Waals surface area (Å²) in [6.45, 7) is 3.54. The van der Waals surface area contributed by atoms with Crippen molar-refractivity contribution in [1.29, 1.82) is 0 Å². The number of hydrogen-bond donors (Lipinski definition) is 2. The zero-order valence-electron chi connectivity index (χ0n) is 9.98. The lowest BCUT2D eigenvalue weighted by Crippen LogP contribution is -2.52. The van der Waals surface area contributed by atoms with E-state index in [1.54, 1.807) is 6.92 Å². The second-order valence-corrected chi connectivity index (χ2v) is 4.98. The maximum absolute atomic E-state index is 12.3. The van der Waals surface area contributed by atoms with Crippen LogP contribution in [0.2, 0.25) is 0 Å². The van der Waals surface area contributed by atoms with E-state index in [2.05, 4.69) is 5.32 Å². The summed E-state index contributed by atoms with van der Waals surface area (Å²) in [7, 11) is 0. The second kappa shape index (κ2) is 5.15. The third kappa shape index (κ3) is 2.38. The standard InChI is InChI=1S/C12H22N2O2/c1-9(15)11-6-4-8-14(11)12(16)10-5-2-3-7-13-10/h9-11,13,15H,2-8H2,1H3/t9-,10-,11+/m0/s1. The van der Waals surface area contributed by atoms with E-state index in [4.69, 9.17) is 0 Å². The number of carbonyl (C=O) groups excluding carboxylic acids is 1. The minimum absolute atomic E-state index is 0.00639. The summed E-state index contributed by atoms with van der Waals surface area (Å²) < 4.78 is 0. The van der Waals surface area contributed by atoms with Crippen LogP contribution < -0.4 is 5.32 Å². The lowest BCUT2D eigenvalue weighted by Gasteiger charge is -2.32. The van der Waals surface area contributed by atoms with Crippen LogP contribution in [0.25, 0.3) is 0 Å². The summed E-state index contributed by atoms with van der Waals surface area (Å²) in [5.74, 6) is 0.197. The van der Waals surface area contributed by atoms with Crippen molar-refractivity contribution in [2.45, 2.75) is 57.2 Å². The molecule has 0 bridgehead atoms. The lowest BCUT2D eigenvalue weighted by molar-refractivity contribution is -0.136. The van der Waals surface area contributed by atoms with Gasteiger partial charge in [-0.2, -0.15) is 0 Å². The average Bonchev–Trinajstić information content (AvgIpc) is 2.78. The molecule has 0 unspecified atom stereocenters. The van der Waals surface area contributed by atoms with Gasteiger partial charge in [0.2, 0.25) is 5.91 Å². The predicted molar refractivity (Wildman–Crippen MR) is 62.1 cm³/mol. The van der Waals surface area contributed by atoms with E-state index >= 15 is 0 Å². The Hall–Kier alpha value is -0.610. The van der Waals surface area contributed by atoms with E-state index in [1.165, 1.54) is 6.42 Å². The number of amides is 1. The number of nitrogens with one attached hydrogen (secondary N) is 1. The summed E-state index contributed by atoms with van der Waals surface area (Å²) in [5.41, 5.74) is 0. The zero-order chi connectivity index (χ0) is 11.5. The van der Waals surface area contributed by atoms with Gasteiger partial charge in [0.1, 0.15) is 0 Å². The van der Waals surface area contributed by atoms with E-state index in [0.29, 0.717) is 0 Å². The first-order chi connectivity index (χ1) is 7.70. The predicted octanol–water partition coefficient (Wildman–Crippen LogP) is 0.500. The molecule has 4 heteroatoms. The highest BCUT2D eigenvalue weighted by atomic mass is 16.3. The van der Waals surface area contributed by atoms with Crippen LogP contribution >= 0.6 is 0 Å². The van der Waals surface area contributed by atoms with E-state index in [9.17, 15) is 9.90 Å². The first kappa shape index (κ1) is 11.9. The lowest BCUT2D eigenvalue weighted by atomic mass is 10.0. The molecule has 3 atom stereocenters. The first-order valence-corrected chi connectivity index (χ1v) is 6.42. The molecule has 2 rings (SSSR count). The Kier molecular flexibility index (Phi) is 3.82. The number of nitrogens with zero attached hydrogens (tertiary/aromatic N) is 1. The van der Waals surface area contributed by atoms with Gasteiger partial charge in [-0.25, -0.2) is 0 Å². The monoisotopic (exact) mass is 226 g/mol. The molecule has 0 saturated carbocycles. The van der Waals surface area contributed by atoms with Gasteiger partial charge in [-0.05, 0) is 39.2 Å². The van der Waals surface area contributed by atoms with Crippen molar-refractivity contribution in [3.05, 3.63) is 0 Å². The molecule has 2 aliphatic heterocycles. The third-order valence-electron chi connectivity index (χ3n) is 3.75.